The smallest absolute Gasteiger partial charge is 0.0781 e. The fourth-order valence-corrected chi connectivity index (χ4v) is 0.0962. The molecule has 0 radical (unpaired) electrons. The number of aliphatic hydroxyl groups excluding tert-OH is 2. The van der Waals surface area contributed by atoms with E-state index in [0.717, 1.165) is 6.61 Å². The van der Waals surface area contributed by atoms with Crippen LogP contribution in [0.5, 0.6) is 0 Å². The van der Waals surface area contributed by atoms with Crippen molar-refractivity contribution in [2.24, 2.45) is 0 Å². The number of aliphatic hydroxyl groups is 2. The van der Waals surface area contributed by atoms with Crippen LogP contribution >= 0.6 is 0 Å². The molecule has 0 bridgehead atoms. The van der Waals surface area contributed by atoms with Crippen LogP contribution in [0.15, 0.2) is 0 Å². The van der Waals surface area contributed by atoms with E-state index < -0.39 is 6.10 Å². The Morgan fingerprint density at radius 3 is 1.54 bits per heavy atom. The standard InChI is InChI=1S/C3H8O2.C3H6O.3CH4.H2O/c1-3(5)2-4;1-3-2-4-3;;;;/h3-5H,2H2,1H3;3H,2H2,1H3;3*1H4;1H2. The molecule has 0 spiro atoms. The van der Waals surface area contributed by atoms with Gasteiger partial charge in [0.25, 0.3) is 0 Å². The normalized spacial score (nSPS) is 18.0. The monoisotopic (exact) mass is 200 g/mol. The van der Waals surface area contributed by atoms with Crippen molar-refractivity contribution in [2.75, 3.05) is 13.2 Å². The lowest BCUT2D eigenvalue weighted by molar-refractivity contribution is 0.110. The average molecular weight is 200 g/mol. The summed E-state index contributed by atoms with van der Waals surface area (Å²) in [6, 6.07) is 0. The molecule has 0 amide bonds. The molecule has 2 unspecified atom stereocenters. The summed E-state index contributed by atoms with van der Waals surface area (Å²) in [5.74, 6) is 0. The van der Waals surface area contributed by atoms with Crippen LogP contribution in [0, 0.1) is 0 Å². The lowest BCUT2D eigenvalue weighted by Gasteiger charge is -1.90. The third kappa shape index (κ3) is 48.9. The molecule has 0 aromatic heterocycles. The lowest BCUT2D eigenvalue weighted by Crippen LogP contribution is -2.03. The highest BCUT2D eigenvalue weighted by Crippen LogP contribution is 2.04. The van der Waals surface area contributed by atoms with Gasteiger partial charge in [-0.15, -0.1) is 0 Å². The van der Waals surface area contributed by atoms with Gasteiger partial charge in [0.05, 0.1) is 25.4 Å². The summed E-state index contributed by atoms with van der Waals surface area (Å²) in [5.41, 5.74) is 0. The Kier molecular flexibility index (Phi) is 40.1. The summed E-state index contributed by atoms with van der Waals surface area (Å²) < 4.78 is 4.71. The van der Waals surface area contributed by atoms with Crippen molar-refractivity contribution in [3.05, 3.63) is 0 Å². The molecular formula is C9H28O4. The summed E-state index contributed by atoms with van der Waals surface area (Å²) in [6.07, 6.45) is 0.0231. The van der Waals surface area contributed by atoms with Gasteiger partial charge in [0, 0.05) is 0 Å². The molecule has 4 N–H and O–H groups in total. The van der Waals surface area contributed by atoms with E-state index in [1.165, 1.54) is 6.92 Å². The zero-order valence-corrected chi connectivity index (χ0v) is 6.37. The first kappa shape index (κ1) is 29.3. The maximum Gasteiger partial charge on any atom is 0.0781 e. The van der Waals surface area contributed by atoms with Gasteiger partial charge in [0.2, 0.25) is 0 Å². The van der Waals surface area contributed by atoms with Crippen molar-refractivity contribution in [3.63, 3.8) is 0 Å². The van der Waals surface area contributed by atoms with Crippen molar-refractivity contribution < 1.29 is 20.4 Å². The predicted octanol–water partition coefficient (Wildman–Crippen LogP) is 0.848. The Hall–Kier alpha value is -0.160. The van der Waals surface area contributed by atoms with E-state index in [1.54, 1.807) is 0 Å². The summed E-state index contributed by atoms with van der Waals surface area (Å²) in [7, 11) is 0. The van der Waals surface area contributed by atoms with Crippen LogP contribution in [0.4, 0.5) is 0 Å². The molecule has 13 heavy (non-hydrogen) atoms. The molecule has 0 aromatic rings. The molecular weight excluding hydrogens is 172 g/mol. The van der Waals surface area contributed by atoms with Crippen molar-refractivity contribution in [2.45, 2.75) is 48.3 Å². The Morgan fingerprint density at radius 1 is 1.38 bits per heavy atom. The SMILES string of the molecule is C.C.C.CC(O)CO.CC1CO1.O. The molecule has 2 atom stereocenters. The van der Waals surface area contributed by atoms with Crippen molar-refractivity contribution >= 4 is 0 Å². The summed E-state index contributed by atoms with van der Waals surface area (Å²) in [5, 5.41) is 16.0. The van der Waals surface area contributed by atoms with E-state index >= 15 is 0 Å². The molecule has 1 rings (SSSR count). The van der Waals surface area contributed by atoms with Crippen molar-refractivity contribution in [1.82, 2.24) is 0 Å². The molecule has 4 nitrogen and oxygen atoms in total. The van der Waals surface area contributed by atoms with Crippen LogP contribution in [0.3, 0.4) is 0 Å². The van der Waals surface area contributed by atoms with Crippen LogP contribution in [0.2, 0.25) is 0 Å². The van der Waals surface area contributed by atoms with Gasteiger partial charge in [-0.2, -0.15) is 0 Å². The topological polar surface area (TPSA) is 84.5 Å². The number of hydrogen-bond acceptors (Lipinski definition) is 3. The van der Waals surface area contributed by atoms with E-state index in [4.69, 9.17) is 14.9 Å². The minimum atomic E-state index is -0.560. The average Bonchev–Trinajstić information content (AvgIpc) is 2.53. The van der Waals surface area contributed by atoms with E-state index in [0.29, 0.717) is 6.10 Å². The third-order valence-electron chi connectivity index (χ3n) is 0.764. The third-order valence-corrected chi connectivity index (χ3v) is 0.764. The maximum absolute atomic E-state index is 8.11. The minimum absolute atomic E-state index is 0. The molecule has 1 aliphatic heterocycles. The molecule has 1 saturated heterocycles. The number of rotatable bonds is 1. The van der Waals surface area contributed by atoms with Gasteiger partial charge < -0.3 is 20.4 Å². The van der Waals surface area contributed by atoms with Crippen LogP contribution in [0.25, 0.3) is 0 Å². The second-order valence-electron chi connectivity index (χ2n) is 2.18. The van der Waals surface area contributed by atoms with E-state index in [1.807, 2.05) is 0 Å². The second kappa shape index (κ2) is 17.8. The predicted molar refractivity (Wildman–Crippen MR) is 58.0 cm³/mol. The van der Waals surface area contributed by atoms with Crippen LogP contribution in [-0.4, -0.2) is 41.1 Å². The van der Waals surface area contributed by atoms with Gasteiger partial charge in [-0.3, -0.25) is 0 Å². The number of hydrogen-bond donors (Lipinski definition) is 2. The quantitative estimate of drug-likeness (QED) is 0.615. The highest BCUT2D eigenvalue weighted by molar-refractivity contribution is 4.58. The molecule has 1 heterocycles. The molecule has 1 aliphatic rings. The van der Waals surface area contributed by atoms with Gasteiger partial charge >= 0.3 is 0 Å². The van der Waals surface area contributed by atoms with Gasteiger partial charge in [-0.25, -0.2) is 0 Å². The van der Waals surface area contributed by atoms with E-state index in [2.05, 4.69) is 6.92 Å². The first-order valence-corrected chi connectivity index (χ1v) is 3.07. The molecule has 4 heteroatoms. The zero-order valence-electron chi connectivity index (χ0n) is 6.37. The summed E-state index contributed by atoms with van der Waals surface area (Å²) >= 11 is 0. The van der Waals surface area contributed by atoms with E-state index in [-0.39, 0.29) is 34.4 Å². The maximum atomic E-state index is 8.11. The largest absolute Gasteiger partial charge is 0.412 e. The van der Waals surface area contributed by atoms with Gasteiger partial charge in [-0.05, 0) is 13.8 Å². The zero-order chi connectivity index (χ0) is 7.28. The molecule has 0 aliphatic carbocycles. The number of epoxide rings is 1. The Labute approximate surface area is 82.9 Å². The fourth-order valence-electron chi connectivity index (χ4n) is 0.0962. The molecule has 1 fully saturated rings. The first-order chi connectivity index (χ1) is 4.16. The van der Waals surface area contributed by atoms with Crippen molar-refractivity contribution in [3.8, 4) is 0 Å². The van der Waals surface area contributed by atoms with Crippen molar-refractivity contribution in [1.29, 1.82) is 0 Å². The Bertz CT molecular complexity index is 62.6. The van der Waals surface area contributed by atoms with Crippen LogP contribution in [0.1, 0.15) is 36.1 Å². The minimum Gasteiger partial charge on any atom is -0.412 e. The Morgan fingerprint density at radius 2 is 1.54 bits per heavy atom. The summed E-state index contributed by atoms with van der Waals surface area (Å²) in [6.45, 7) is 4.43. The van der Waals surface area contributed by atoms with Crippen LogP contribution in [-0.2, 0) is 4.74 Å². The summed E-state index contributed by atoms with van der Waals surface area (Å²) in [4.78, 5) is 0. The lowest BCUT2D eigenvalue weighted by atomic mass is 10.5. The fraction of sp³-hybridized carbons (Fsp3) is 1.00. The molecule has 88 valence electrons. The highest BCUT2D eigenvalue weighted by atomic mass is 16.6. The van der Waals surface area contributed by atoms with Gasteiger partial charge in [-0.1, -0.05) is 22.3 Å². The van der Waals surface area contributed by atoms with Crippen LogP contribution < -0.4 is 0 Å². The number of ether oxygens (including phenoxy) is 1. The second-order valence-corrected chi connectivity index (χ2v) is 2.18. The molecule has 0 saturated carbocycles. The highest BCUT2D eigenvalue weighted by Gasteiger charge is 2.13. The molecule has 0 aromatic carbocycles. The van der Waals surface area contributed by atoms with E-state index in [9.17, 15) is 0 Å². The van der Waals surface area contributed by atoms with Gasteiger partial charge in [0.15, 0.2) is 0 Å². The first-order valence-electron chi connectivity index (χ1n) is 3.07. The Balaban J connectivity index is -0.0000000252. The van der Waals surface area contributed by atoms with Gasteiger partial charge in [0.1, 0.15) is 0 Å².